The molecule has 0 atom stereocenters. The molecule has 3 aromatic heterocycles. The predicted octanol–water partition coefficient (Wildman–Crippen LogP) is 2.35. The maximum Gasteiger partial charge on any atom is 0.253 e. The summed E-state index contributed by atoms with van der Waals surface area (Å²) in [6.07, 6.45) is 3.65. The standard InChI is InChI=1S/C20H23BrN6O2/c1-11-7-12(2)25-20(29)15(11)9-23-19(28)14-8-17(21)26-18-16(14)10-24-27(18)13-3-5-22-6-4-13/h7-8,10,13,22H,3-6,9H2,1-2H3,(H,23,28)(H,25,29). The maximum absolute atomic E-state index is 12.9. The number of H-pyrrole nitrogens is 1. The highest BCUT2D eigenvalue weighted by molar-refractivity contribution is 9.10. The summed E-state index contributed by atoms with van der Waals surface area (Å²) in [6, 6.07) is 3.85. The summed E-state index contributed by atoms with van der Waals surface area (Å²) in [5.41, 5.74) is 3.21. The monoisotopic (exact) mass is 458 g/mol. The van der Waals surface area contributed by atoms with Gasteiger partial charge in [0.1, 0.15) is 4.60 Å². The second kappa shape index (κ2) is 8.08. The second-order valence-corrected chi connectivity index (χ2v) is 8.24. The van der Waals surface area contributed by atoms with E-state index >= 15 is 0 Å². The first kappa shape index (κ1) is 19.8. The maximum atomic E-state index is 12.9. The van der Waals surface area contributed by atoms with E-state index in [0.29, 0.717) is 26.8 Å². The van der Waals surface area contributed by atoms with Gasteiger partial charge >= 0.3 is 0 Å². The van der Waals surface area contributed by atoms with Crippen LogP contribution >= 0.6 is 15.9 Å². The van der Waals surface area contributed by atoms with E-state index in [1.54, 1.807) is 12.3 Å². The average Bonchev–Trinajstić information content (AvgIpc) is 3.10. The summed E-state index contributed by atoms with van der Waals surface area (Å²) >= 11 is 3.42. The number of aryl methyl sites for hydroxylation is 2. The minimum atomic E-state index is -0.262. The minimum absolute atomic E-state index is 0.157. The Balaban J connectivity index is 1.63. The molecular formula is C20H23BrN6O2. The molecule has 29 heavy (non-hydrogen) atoms. The van der Waals surface area contributed by atoms with E-state index in [2.05, 4.69) is 41.6 Å². The van der Waals surface area contributed by atoms with Gasteiger partial charge in [0.25, 0.3) is 11.5 Å². The fourth-order valence-electron chi connectivity index (χ4n) is 3.86. The number of nitrogens with zero attached hydrogens (tertiary/aromatic N) is 3. The highest BCUT2D eigenvalue weighted by Crippen LogP contribution is 2.26. The number of piperidine rings is 1. The number of aromatic nitrogens is 4. The Hall–Kier alpha value is -2.52. The zero-order valence-corrected chi connectivity index (χ0v) is 18.0. The molecule has 1 aliphatic heterocycles. The normalized spacial score (nSPS) is 15.0. The van der Waals surface area contributed by atoms with E-state index in [9.17, 15) is 9.59 Å². The molecule has 3 aromatic rings. The van der Waals surface area contributed by atoms with Crippen molar-refractivity contribution in [3.05, 3.63) is 55.7 Å². The zero-order chi connectivity index (χ0) is 20.5. The van der Waals surface area contributed by atoms with Gasteiger partial charge in [-0.3, -0.25) is 9.59 Å². The Kier molecular flexibility index (Phi) is 5.51. The van der Waals surface area contributed by atoms with Crippen molar-refractivity contribution in [2.24, 2.45) is 0 Å². The van der Waals surface area contributed by atoms with Gasteiger partial charge in [-0.25, -0.2) is 9.67 Å². The first-order valence-corrected chi connectivity index (χ1v) is 10.5. The Bertz CT molecular complexity index is 1130. The number of carbonyl (C=O) groups excluding carboxylic acids is 1. The molecule has 1 amide bonds. The van der Waals surface area contributed by atoms with Crippen LogP contribution < -0.4 is 16.2 Å². The summed E-state index contributed by atoms with van der Waals surface area (Å²) < 4.78 is 2.50. The van der Waals surface area contributed by atoms with Crippen molar-refractivity contribution < 1.29 is 4.79 Å². The third-order valence-electron chi connectivity index (χ3n) is 5.35. The number of carbonyl (C=O) groups is 1. The van der Waals surface area contributed by atoms with Gasteiger partial charge in [0.2, 0.25) is 0 Å². The van der Waals surface area contributed by atoms with Crippen LogP contribution in [0.5, 0.6) is 0 Å². The molecule has 0 bridgehead atoms. The number of rotatable bonds is 4. The minimum Gasteiger partial charge on any atom is -0.348 e. The van der Waals surface area contributed by atoms with Crippen LogP contribution in [-0.4, -0.2) is 38.7 Å². The SMILES string of the molecule is Cc1cc(C)c(CNC(=O)c2cc(Br)nc3c2cnn3C2CCNCC2)c(=O)[nH]1. The molecule has 8 nitrogen and oxygen atoms in total. The second-order valence-electron chi connectivity index (χ2n) is 7.43. The van der Waals surface area contributed by atoms with E-state index in [1.807, 2.05) is 24.6 Å². The van der Waals surface area contributed by atoms with E-state index in [1.165, 1.54) is 0 Å². The summed E-state index contributed by atoms with van der Waals surface area (Å²) in [5, 5.41) is 11.5. The lowest BCUT2D eigenvalue weighted by molar-refractivity contribution is 0.0952. The van der Waals surface area contributed by atoms with Crippen molar-refractivity contribution in [3.8, 4) is 0 Å². The van der Waals surface area contributed by atoms with E-state index < -0.39 is 0 Å². The van der Waals surface area contributed by atoms with Crippen molar-refractivity contribution in [3.63, 3.8) is 0 Å². The highest BCUT2D eigenvalue weighted by atomic mass is 79.9. The largest absolute Gasteiger partial charge is 0.348 e. The average molecular weight is 459 g/mol. The van der Waals surface area contributed by atoms with Crippen molar-refractivity contribution in [2.45, 2.75) is 39.3 Å². The first-order chi connectivity index (χ1) is 13.9. The number of aromatic amines is 1. The third-order valence-corrected chi connectivity index (χ3v) is 5.76. The quantitative estimate of drug-likeness (QED) is 0.520. The van der Waals surface area contributed by atoms with Crippen LogP contribution in [0.3, 0.4) is 0 Å². The molecular weight excluding hydrogens is 436 g/mol. The topological polar surface area (TPSA) is 105 Å². The third kappa shape index (κ3) is 3.97. The summed E-state index contributed by atoms with van der Waals surface area (Å²) in [4.78, 5) is 32.5. The van der Waals surface area contributed by atoms with E-state index in [-0.39, 0.29) is 24.1 Å². The first-order valence-electron chi connectivity index (χ1n) is 9.66. The Morgan fingerprint density at radius 1 is 1.31 bits per heavy atom. The Morgan fingerprint density at radius 3 is 2.79 bits per heavy atom. The molecule has 4 rings (SSSR count). The molecule has 0 unspecified atom stereocenters. The number of pyridine rings is 2. The molecule has 1 aliphatic rings. The Morgan fingerprint density at radius 2 is 2.07 bits per heavy atom. The van der Waals surface area contributed by atoms with Gasteiger partial charge in [-0.15, -0.1) is 0 Å². The molecule has 0 spiro atoms. The lowest BCUT2D eigenvalue weighted by Crippen LogP contribution is -2.30. The van der Waals surface area contributed by atoms with Crippen LogP contribution in [0.25, 0.3) is 11.0 Å². The van der Waals surface area contributed by atoms with Crippen molar-refractivity contribution >= 4 is 32.9 Å². The molecule has 152 valence electrons. The van der Waals surface area contributed by atoms with Gasteiger partial charge in [-0.2, -0.15) is 5.10 Å². The van der Waals surface area contributed by atoms with Gasteiger partial charge in [-0.05, 0) is 73.4 Å². The molecule has 0 aromatic carbocycles. The van der Waals surface area contributed by atoms with Gasteiger partial charge in [0.05, 0.1) is 23.2 Å². The number of hydrogen-bond acceptors (Lipinski definition) is 5. The van der Waals surface area contributed by atoms with Gasteiger partial charge in [0.15, 0.2) is 5.65 Å². The van der Waals surface area contributed by atoms with Crippen molar-refractivity contribution in [1.82, 2.24) is 30.4 Å². The molecule has 4 heterocycles. The predicted molar refractivity (Wildman–Crippen MR) is 114 cm³/mol. The highest BCUT2D eigenvalue weighted by Gasteiger charge is 2.22. The molecule has 3 N–H and O–H groups in total. The van der Waals surface area contributed by atoms with Gasteiger partial charge < -0.3 is 15.6 Å². The smallest absolute Gasteiger partial charge is 0.253 e. The van der Waals surface area contributed by atoms with Gasteiger partial charge in [-0.1, -0.05) is 0 Å². The van der Waals surface area contributed by atoms with Crippen LogP contribution in [-0.2, 0) is 6.54 Å². The number of halogens is 1. The molecule has 1 fully saturated rings. The molecule has 9 heteroatoms. The number of hydrogen-bond donors (Lipinski definition) is 3. The molecule has 0 saturated carbocycles. The molecule has 0 radical (unpaired) electrons. The lowest BCUT2D eigenvalue weighted by atomic mass is 10.1. The lowest BCUT2D eigenvalue weighted by Gasteiger charge is -2.23. The van der Waals surface area contributed by atoms with E-state index in [0.717, 1.165) is 37.2 Å². The van der Waals surface area contributed by atoms with Crippen molar-refractivity contribution in [1.29, 1.82) is 0 Å². The van der Waals surface area contributed by atoms with Crippen LogP contribution in [0.4, 0.5) is 0 Å². The summed E-state index contributed by atoms with van der Waals surface area (Å²) in [6.45, 7) is 5.75. The van der Waals surface area contributed by atoms with Crippen LogP contribution in [0.1, 0.15) is 46.1 Å². The number of nitrogens with one attached hydrogen (secondary N) is 3. The number of fused-ring (bicyclic) bond motifs is 1. The van der Waals surface area contributed by atoms with Gasteiger partial charge in [0, 0.05) is 17.8 Å². The summed E-state index contributed by atoms with van der Waals surface area (Å²) in [5.74, 6) is -0.262. The van der Waals surface area contributed by atoms with Crippen LogP contribution in [0.2, 0.25) is 0 Å². The fraction of sp³-hybridized carbons (Fsp3) is 0.400. The molecule has 1 saturated heterocycles. The fourth-order valence-corrected chi connectivity index (χ4v) is 4.26. The van der Waals surface area contributed by atoms with Crippen LogP contribution in [0, 0.1) is 13.8 Å². The number of amides is 1. The molecule has 0 aliphatic carbocycles. The Labute approximate surface area is 176 Å². The van der Waals surface area contributed by atoms with Crippen molar-refractivity contribution in [2.75, 3.05) is 13.1 Å². The van der Waals surface area contributed by atoms with E-state index in [4.69, 9.17) is 0 Å². The van der Waals surface area contributed by atoms with Crippen LogP contribution in [0.15, 0.2) is 27.7 Å². The summed E-state index contributed by atoms with van der Waals surface area (Å²) in [7, 11) is 0. The zero-order valence-electron chi connectivity index (χ0n) is 16.4.